The molecule has 2 aromatic carbocycles. The van der Waals surface area contributed by atoms with Gasteiger partial charge in [-0.25, -0.2) is 4.79 Å². The van der Waals surface area contributed by atoms with Crippen molar-refractivity contribution < 1.29 is 24.2 Å². The Kier molecular flexibility index (Phi) is 3.23. The molecule has 0 amide bonds. The number of ether oxygens (including phenoxy) is 1. The van der Waals surface area contributed by atoms with E-state index in [4.69, 9.17) is 14.3 Å². The van der Waals surface area contributed by atoms with Crippen molar-refractivity contribution in [2.75, 3.05) is 0 Å². The monoisotopic (exact) mass is 284 g/mol. The molecule has 0 aliphatic heterocycles. The van der Waals surface area contributed by atoms with Crippen LogP contribution in [0, 0.1) is 0 Å². The number of para-hydroxylation sites is 2. The molecular formula is C16H12O5. The Morgan fingerprint density at radius 2 is 1.95 bits per heavy atom. The number of phenols is 1. The molecule has 2 N–H and O–H groups in total. The number of hydrogen-bond donors (Lipinski definition) is 2. The van der Waals surface area contributed by atoms with Crippen molar-refractivity contribution in [1.29, 1.82) is 0 Å². The summed E-state index contributed by atoms with van der Waals surface area (Å²) >= 11 is 0. The molecule has 1 aromatic heterocycles. The van der Waals surface area contributed by atoms with Crippen molar-refractivity contribution >= 4 is 16.9 Å². The number of fused-ring (bicyclic) bond motifs is 1. The zero-order chi connectivity index (χ0) is 14.8. The standard InChI is InChI=1S/C16H12O5/c17-13-3-1-2-4-15(13)20-9-12-8-11-7-10(16(18)19)5-6-14(11)21-12/h1-8,17H,9H2,(H,18,19). The van der Waals surface area contributed by atoms with Gasteiger partial charge in [-0.1, -0.05) is 12.1 Å². The van der Waals surface area contributed by atoms with E-state index in [1.165, 1.54) is 12.1 Å². The second-order valence-electron chi connectivity index (χ2n) is 4.53. The molecule has 0 aliphatic rings. The smallest absolute Gasteiger partial charge is 0.335 e. The summed E-state index contributed by atoms with van der Waals surface area (Å²) in [6, 6.07) is 13.0. The number of furan rings is 1. The van der Waals surface area contributed by atoms with Gasteiger partial charge in [0.25, 0.3) is 0 Å². The zero-order valence-electron chi connectivity index (χ0n) is 10.9. The molecule has 0 aliphatic carbocycles. The third kappa shape index (κ3) is 2.67. The van der Waals surface area contributed by atoms with Crippen LogP contribution in [0.3, 0.4) is 0 Å². The summed E-state index contributed by atoms with van der Waals surface area (Å²) in [5.41, 5.74) is 0.798. The summed E-state index contributed by atoms with van der Waals surface area (Å²) in [5, 5.41) is 19.3. The van der Waals surface area contributed by atoms with Crippen LogP contribution in [0.15, 0.2) is 52.9 Å². The predicted octanol–water partition coefficient (Wildman–Crippen LogP) is 3.42. The number of carboxylic acids is 1. The number of aromatic hydroxyl groups is 1. The van der Waals surface area contributed by atoms with E-state index in [1.807, 2.05) is 0 Å². The number of carbonyl (C=O) groups is 1. The van der Waals surface area contributed by atoms with Crippen molar-refractivity contribution in [1.82, 2.24) is 0 Å². The van der Waals surface area contributed by atoms with Crippen molar-refractivity contribution in [3.8, 4) is 11.5 Å². The van der Waals surface area contributed by atoms with Gasteiger partial charge in [-0.3, -0.25) is 0 Å². The second kappa shape index (κ2) is 5.20. The third-order valence-electron chi connectivity index (χ3n) is 3.05. The molecule has 3 rings (SSSR count). The lowest BCUT2D eigenvalue weighted by Crippen LogP contribution is -1.94. The Morgan fingerprint density at radius 1 is 1.14 bits per heavy atom. The Bertz CT molecular complexity index is 803. The van der Waals surface area contributed by atoms with Crippen LogP contribution in [0.1, 0.15) is 16.1 Å². The summed E-state index contributed by atoms with van der Waals surface area (Å²) in [4.78, 5) is 10.9. The molecule has 0 fully saturated rings. The zero-order valence-corrected chi connectivity index (χ0v) is 10.9. The molecule has 0 bridgehead atoms. The third-order valence-corrected chi connectivity index (χ3v) is 3.05. The number of hydrogen-bond acceptors (Lipinski definition) is 4. The minimum atomic E-state index is -0.981. The highest BCUT2D eigenvalue weighted by Crippen LogP contribution is 2.27. The van der Waals surface area contributed by atoms with E-state index in [9.17, 15) is 9.90 Å². The molecule has 5 heteroatoms. The SMILES string of the molecule is O=C(O)c1ccc2oc(COc3ccccc3O)cc2c1. The van der Waals surface area contributed by atoms with Crippen LogP contribution < -0.4 is 4.74 Å². The predicted molar refractivity (Wildman–Crippen MR) is 75.6 cm³/mol. The average molecular weight is 284 g/mol. The molecule has 21 heavy (non-hydrogen) atoms. The van der Waals surface area contributed by atoms with Gasteiger partial charge in [-0.2, -0.15) is 0 Å². The Balaban J connectivity index is 1.82. The van der Waals surface area contributed by atoms with E-state index in [0.29, 0.717) is 22.5 Å². The first-order chi connectivity index (χ1) is 10.1. The van der Waals surface area contributed by atoms with Gasteiger partial charge in [0, 0.05) is 5.39 Å². The molecule has 106 valence electrons. The number of rotatable bonds is 4. The molecule has 0 saturated carbocycles. The van der Waals surface area contributed by atoms with E-state index >= 15 is 0 Å². The van der Waals surface area contributed by atoms with Crippen LogP contribution in [0.25, 0.3) is 11.0 Å². The summed E-state index contributed by atoms with van der Waals surface area (Å²) in [7, 11) is 0. The van der Waals surface area contributed by atoms with Crippen LogP contribution in [0.5, 0.6) is 11.5 Å². The average Bonchev–Trinajstić information content (AvgIpc) is 2.88. The fraction of sp³-hybridized carbons (Fsp3) is 0.0625. The second-order valence-corrected chi connectivity index (χ2v) is 4.53. The molecule has 1 heterocycles. The molecule has 0 atom stereocenters. The first-order valence-corrected chi connectivity index (χ1v) is 6.30. The summed E-state index contributed by atoms with van der Waals surface area (Å²) < 4.78 is 11.0. The highest BCUT2D eigenvalue weighted by atomic mass is 16.5. The fourth-order valence-corrected chi connectivity index (χ4v) is 2.03. The maximum atomic E-state index is 10.9. The molecule has 0 unspecified atom stereocenters. The van der Waals surface area contributed by atoms with Crippen molar-refractivity contribution in [3.05, 3.63) is 59.9 Å². The van der Waals surface area contributed by atoms with Crippen molar-refractivity contribution in [3.63, 3.8) is 0 Å². The maximum Gasteiger partial charge on any atom is 0.335 e. The molecular weight excluding hydrogens is 272 g/mol. The maximum absolute atomic E-state index is 10.9. The fourth-order valence-electron chi connectivity index (χ4n) is 2.03. The lowest BCUT2D eigenvalue weighted by Gasteiger charge is -2.05. The Morgan fingerprint density at radius 3 is 2.71 bits per heavy atom. The van der Waals surface area contributed by atoms with Gasteiger partial charge in [-0.15, -0.1) is 0 Å². The van der Waals surface area contributed by atoms with Gasteiger partial charge < -0.3 is 19.4 Å². The molecule has 0 saturated heterocycles. The van der Waals surface area contributed by atoms with E-state index in [2.05, 4.69) is 0 Å². The van der Waals surface area contributed by atoms with Crippen LogP contribution >= 0.6 is 0 Å². The summed E-state index contributed by atoms with van der Waals surface area (Å²) in [6.07, 6.45) is 0. The van der Waals surface area contributed by atoms with Gasteiger partial charge in [0.2, 0.25) is 0 Å². The highest BCUT2D eigenvalue weighted by molar-refractivity contribution is 5.93. The summed E-state index contributed by atoms with van der Waals surface area (Å²) in [5.74, 6) is -0.00754. The van der Waals surface area contributed by atoms with Crippen LogP contribution in [0.4, 0.5) is 0 Å². The van der Waals surface area contributed by atoms with Gasteiger partial charge in [0.05, 0.1) is 5.56 Å². The highest BCUT2D eigenvalue weighted by Gasteiger charge is 2.09. The van der Waals surface area contributed by atoms with Crippen LogP contribution in [-0.2, 0) is 6.61 Å². The first kappa shape index (κ1) is 13.1. The lowest BCUT2D eigenvalue weighted by atomic mass is 10.1. The molecule has 5 nitrogen and oxygen atoms in total. The van der Waals surface area contributed by atoms with Gasteiger partial charge in [-0.05, 0) is 36.4 Å². The summed E-state index contributed by atoms with van der Waals surface area (Å²) in [6.45, 7) is 0.147. The quantitative estimate of drug-likeness (QED) is 0.767. The van der Waals surface area contributed by atoms with E-state index in [-0.39, 0.29) is 17.9 Å². The minimum Gasteiger partial charge on any atom is -0.504 e. The van der Waals surface area contributed by atoms with E-state index in [1.54, 1.807) is 36.4 Å². The lowest BCUT2D eigenvalue weighted by molar-refractivity contribution is 0.0697. The minimum absolute atomic E-state index is 0.0572. The normalized spacial score (nSPS) is 10.7. The number of benzene rings is 2. The van der Waals surface area contributed by atoms with E-state index in [0.717, 1.165) is 0 Å². The Hall–Kier alpha value is -2.95. The van der Waals surface area contributed by atoms with Crippen molar-refractivity contribution in [2.24, 2.45) is 0 Å². The van der Waals surface area contributed by atoms with Gasteiger partial charge in [0.1, 0.15) is 18.0 Å². The number of carboxylic acid groups (broad SMARTS) is 1. The van der Waals surface area contributed by atoms with Crippen LogP contribution in [-0.4, -0.2) is 16.2 Å². The first-order valence-electron chi connectivity index (χ1n) is 6.30. The molecule has 0 spiro atoms. The van der Waals surface area contributed by atoms with E-state index < -0.39 is 5.97 Å². The van der Waals surface area contributed by atoms with Crippen molar-refractivity contribution in [2.45, 2.75) is 6.61 Å². The largest absolute Gasteiger partial charge is 0.504 e. The number of aromatic carboxylic acids is 1. The Labute approximate surface area is 120 Å². The molecule has 0 radical (unpaired) electrons. The molecule has 3 aromatic rings. The number of phenolic OH excluding ortho intramolecular Hbond substituents is 1. The van der Waals surface area contributed by atoms with Gasteiger partial charge >= 0.3 is 5.97 Å². The van der Waals surface area contributed by atoms with Gasteiger partial charge in [0.15, 0.2) is 11.5 Å². The van der Waals surface area contributed by atoms with Crippen LogP contribution in [0.2, 0.25) is 0 Å². The topological polar surface area (TPSA) is 79.9 Å².